The predicted octanol–water partition coefficient (Wildman–Crippen LogP) is 2.01. The molecule has 1 saturated carbocycles. The van der Waals surface area contributed by atoms with Crippen molar-refractivity contribution in [2.75, 3.05) is 6.54 Å². The minimum absolute atomic E-state index is 0.0251. The first-order valence-corrected chi connectivity index (χ1v) is 9.95. The summed E-state index contributed by atoms with van der Waals surface area (Å²) >= 11 is 0. The van der Waals surface area contributed by atoms with E-state index in [1.165, 1.54) is 4.90 Å². The lowest BCUT2D eigenvalue weighted by Gasteiger charge is -2.36. The number of ketones is 1. The molecule has 2 N–H and O–H groups in total. The summed E-state index contributed by atoms with van der Waals surface area (Å²) in [6, 6.07) is 0. The number of nitrogens with zero attached hydrogens (tertiary/aromatic N) is 1. The van der Waals surface area contributed by atoms with E-state index in [0.29, 0.717) is 31.6 Å². The van der Waals surface area contributed by atoms with Crippen LogP contribution in [0.5, 0.6) is 0 Å². The fraction of sp³-hybridized carbons (Fsp3) is 0.800. The third-order valence-electron chi connectivity index (χ3n) is 5.85. The van der Waals surface area contributed by atoms with Crippen LogP contribution >= 0.6 is 0 Å². The van der Waals surface area contributed by atoms with Crippen LogP contribution in [0.25, 0.3) is 0 Å². The Bertz CT molecular complexity index is 571. The van der Waals surface area contributed by atoms with Gasteiger partial charge in [-0.05, 0) is 43.9 Å². The van der Waals surface area contributed by atoms with E-state index in [-0.39, 0.29) is 55.2 Å². The van der Waals surface area contributed by atoms with Crippen LogP contribution in [0.3, 0.4) is 0 Å². The molecule has 27 heavy (non-hydrogen) atoms. The first kappa shape index (κ1) is 21.5. The molecule has 152 valence electrons. The van der Waals surface area contributed by atoms with Gasteiger partial charge in [0, 0.05) is 37.6 Å². The van der Waals surface area contributed by atoms with Crippen LogP contribution in [0.2, 0.25) is 0 Å². The number of piperidine rings is 1. The van der Waals surface area contributed by atoms with Gasteiger partial charge in [-0.25, -0.2) is 0 Å². The van der Waals surface area contributed by atoms with E-state index in [4.69, 9.17) is 5.11 Å². The van der Waals surface area contributed by atoms with Gasteiger partial charge in [0.1, 0.15) is 5.78 Å². The molecule has 2 fully saturated rings. The quantitative estimate of drug-likeness (QED) is 0.491. The van der Waals surface area contributed by atoms with Crippen molar-refractivity contribution in [1.29, 1.82) is 0 Å². The number of amides is 2. The molecule has 0 aromatic heterocycles. The van der Waals surface area contributed by atoms with Gasteiger partial charge < -0.3 is 10.2 Å². The molecular weight excluding hydrogens is 350 g/mol. The number of Topliss-reactive ketones (excluding diaryl/α,β-unsaturated/α-hetero) is 1. The highest BCUT2D eigenvalue weighted by atomic mass is 16.4. The lowest BCUT2D eigenvalue weighted by molar-refractivity contribution is -0.150. The first-order valence-electron chi connectivity index (χ1n) is 9.95. The second-order valence-corrected chi connectivity index (χ2v) is 8.35. The number of unbranched alkanes of at least 4 members (excludes halogenated alkanes) is 1. The second-order valence-electron chi connectivity index (χ2n) is 8.35. The standard InChI is InChI=1S/C20H31NO6/c1-12-7-13(2)20(27)15(8-12)16(22)9-14-10-17(23)21(18(24)11-14)6-4-3-5-19(25)26/h12-16,22H,3-11H2,1-2H3,(H,25,26)/t12-,13-,15?,16+/m0/s1. The lowest BCUT2D eigenvalue weighted by atomic mass is 9.71. The summed E-state index contributed by atoms with van der Waals surface area (Å²) in [6.07, 6.45) is 2.29. The molecule has 4 atom stereocenters. The second kappa shape index (κ2) is 9.44. The Balaban J connectivity index is 1.85. The number of imide groups is 1. The van der Waals surface area contributed by atoms with Gasteiger partial charge in [-0.15, -0.1) is 0 Å². The van der Waals surface area contributed by atoms with Crippen molar-refractivity contribution in [3.8, 4) is 0 Å². The highest BCUT2D eigenvalue weighted by molar-refractivity contribution is 5.97. The predicted molar refractivity (Wildman–Crippen MR) is 97.6 cm³/mol. The molecule has 2 rings (SSSR count). The van der Waals surface area contributed by atoms with Crippen molar-refractivity contribution in [2.45, 2.75) is 71.3 Å². The number of carboxylic acids is 1. The van der Waals surface area contributed by atoms with Crippen molar-refractivity contribution in [1.82, 2.24) is 4.90 Å². The van der Waals surface area contributed by atoms with Gasteiger partial charge >= 0.3 is 5.97 Å². The fourth-order valence-corrected chi connectivity index (χ4v) is 4.47. The number of carboxylic acid groups (broad SMARTS) is 1. The molecule has 1 unspecified atom stereocenters. The highest BCUT2D eigenvalue weighted by Gasteiger charge is 2.39. The van der Waals surface area contributed by atoms with Crippen LogP contribution < -0.4 is 0 Å². The molecule has 0 aromatic carbocycles. The molecule has 1 saturated heterocycles. The van der Waals surface area contributed by atoms with Gasteiger partial charge in [0.25, 0.3) is 0 Å². The van der Waals surface area contributed by atoms with Crippen LogP contribution in [0.15, 0.2) is 0 Å². The summed E-state index contributed by atoms with van der Waals surface area (Å²) in [6.45, 7) is 4.22. The van der Waals surface area contributed by atoms with Crippen molar-refractivity contribution < 1.29 is 29.4 Å². The van der Waals surface area contributed by atoms with Gasteiger partial charge in [-0.2, -0.15) is 0 Å². The normalized spacial score (nSPS) is 28.5. The number of aliphatic carboxylic acids is 1. The van der Waals surface area contributed by atoms with Gasteiger partial charge in [-0.1, -0.05) is 13.8 Å². The fourth-order valence-electron chi connectivity index (χ4n) is 4.47. The zero-order valence-electron chi connectivity index (χ0n) is 16.2. The summed E-state index contributed by atoms with van der Waals surface area (Å²) in [5.74, 6) is -1.64. The van der Waals surface area contributed by atoms with Gasteiger partial charge in [0.05, 0.1) is 6.10 Å². The van der Waals surface area contributed by atoms with E-state index in [1.807, 2.05) is 6.92 Å². The Morgan fingerprint density at radius 1 is 1.11 bits per heavy atom. The highest BCUT2D eigenvalue weighted by Crippen LogP contribution is 2.35. The Morgan fingerprint density at radius 3 is 2.33 bits per heavy atom. The molecule has 0 bridgehead atoms. The summed E-state index contributed by atoms with van der Waals surface area (Å²) in [4.78, 5) is 48.7. The third kappa shape index (κ3) is 5.86. The molecule has 1 aliphatic heterocycles. The average molecular weight is 381 g/mol. The molecule has 2 aliphatic rings. The summed E-state index contributed by atoms with van der Waals surface area (Å²) in [5, 5.41) is 19.2. The van der Waals surface area contributed by atoms with Crippen molar-refractivity contribution in [3.63, 3.8) is 0 Å². The van der Waals surface area contributed by atoms with Crippen LogP contribution in [0.1, 0.15) is 65.2 Å². The Morgan fingerprint density at radius 2 is 1.74 bits per heavy atom. The molecular formula is C20H31NO6. The maximum absolute atomic E-state index is 12.4. The van der Waals surface area contributed by atoms with E-state index in [9.17, 15) is 24.3 Å². The van der Waals surface area contributed by atoms with Crippen molar-refractivity contribution >= 4 is 23.6 Å². The zero-order chi connectivity index (χ0) is 20.1. The molecule has 0 spiro atoms. The topological polar surface area (TPSA) is 112 Å². The van der Waals surface area contributed by atoms with E-state index < -0.39 is 18.0 Å². The molecule has 2 amide bonds. The van der Waals surface area contributed by atoms with Gasteiger partial charge in [0.2, 0.25) is 11.8 Å². The van der Waals surface area contributed by atoms with Crippen molar-refractivity contribution in [2.24, 2.45) is 23.7 Å². The zero-order valence-corrected chi connectivity index (χ0v) is 16.2. The van der Waals surface area contributed by atoms with E-state index in [0.717, 1.165) is 6.42 Å². The van der Waals surface area contributed by atoms with Gasteiger partial charge in [-0.3, -0.25) is 24.1 Å². The number of aliphatic hydroxyl groups is 1. The molecule has 7 heteroatoms. The Hall–Kier alpha value is -1.76. The number of carbonyl (C=O) groups is 4. The van der Waals surface area contributed by atoms with Crippen LogP contribution in [0, 0.1) is 23.7 Å². The summed E-state index contributed by atoms with van der Waals surface area (Å²) < 4.78 is 0. The molecule has 0 aromatic rings. The van der Waals surface area contributed by atoms with Crippen LogP contribution in [-0.2, 0) is 19.2 Å². The van der Waals surface area contributed by atoms with E-state index in [2.05, 4.69) is 6.92 Å². The number of likely N-dealkylation sites (tertiary alicyclic amines) is 1. The SMILES string of the molecule is C[C@@H]1CC([C@H](O)CC2CC(=O)N(CCCCC(=O)O)C(=O)C2)C(=O)[C@@H](C)C1. The van der Waals surface area contributed by atoms with E-state index in [1.54, 1.807) is 0 Å². The average Bonchev–Trinajstić information content (AvgIpc) is 2.56. The smallest absolute Gasteiger partial charge is 0.303 e. The number of aliphatic hydroxyl groups excluding tert-OH is 1. The first-order chi connectivity index (χ1) is 12.7. The molecule has 1 heterocycles. The largest absolute Gasteiger partial charge is 0.481 e. The minimum Gasteiger partial charge on any atom is -0.481 e. The maximum atomic E-state index is 12.4. The lowest BCUT2D eigenvalue weighted by Crippen LogP contribution is -2.45. The molecule has 1 aliphatic carbocycles. The summed E-state index contributed by atoms with van der Waals surface area (Å²) in [7, 11) is 0. The molecule has 7 nitrogen and oxygen atoms in total. The van der Waals surface area contributed by atoms with Crippen LogP contribution in [0.4, 0.5) is 0 Å². The molecule has 0 radical (unpaired) electrons. The number of carbonyl (C=O) groups excluding carboxylic acids is 3. The van der Waals surface area contributed by atoms with Crippen molar-refractivity contribution in [3.05, 3.63) is 0 Å². The van der Waals surface area contributed by atoms with Crippen LogP contribution in [-0.4, -0.2) is 51.3 Å². The Kier molecular flexibility index (Phi) is 7.53. The van der Waals surface area contributed by atoms with Gasteiger partial charge in [0.15, 0.2) is 0 Å². The number of hydrogen-bond donors (Lipinski definition) is 2. The summed E-state index contributed by atoms with van der Waals surface area (Å²) in [5.41, 5.74) is 0. The minimum atomic E-state index is -0.888. The third-order valence-corrected chi connectivity index (χ3v) is 5.85. The number of hydrogen-bond acceptors (Lipinski definition) is 5. The maximum Gasteiger partial charge on any atom is 0.303 e. The van der Waals surface area contributed by atoms with E-state index >= 15 is 0 Å². The monoisotopic (exact) mass is 381 g/mol. The Labute approximate surface area is 160 Å². The number of rotatable bonds is 8.